The van der Waals surface area contributed by atoms with Crippen molar-refractivity contribution < 1.29 is 9.53 Å². The minimum Gasteiger partial charge on any atom is -0.379 e. The molecule has 0 aromatic carbocycles. The molecule has 19 heavy (non-hydrogen) atoms. The summed E-state index contributed by atoms with van der Waals surface area (Å²) in [6.07, 6.45) is 4.53. The lowest BCUT2D eigenvalue weighted by Crippen LogP contribution is -2.50. The summed E-state index contributed by atoms with van der Waals surface area (Å²) in [4.78, 5) is 14.4. The second-order valence-electron chi connectivity index (χ2n) is 6.30. The van der Waals surface area contributed by atoms with Gasteiger partial charge in [0.1, 0.15) is 0 Å². The van der Waals surface area contributed by atoms with Crippen LogP contribution in [0.5, 0.6) is 0 Å². The Labute approximate surface area is 116 Å². The van der Waals surface area contributed by atoms with Crippen molar-refractivity contribution in [1.29, 1.82) is 0 Å². The molecule has 4 nitrogen and oxygen atoms in total. The van der Waals surface area contributed by atoms with Gasteiger partial charge in [0.25, 0.3) is 0 Å². The maximum absolute atomic E-state index is 11.9. The van der Waals surface area contributed by atoms with Crippen molar-refractivity contribution in [2.24, 2.45) is 11.8 Å². The summed E-state index contributed by atoms with van der Waals surface area (Å²) in [5, 5.41) is 3.17. The average Bonchev–Trinajstić information content (AvgIpc) is 2.33. The smallest absolute Gasteiger partial charge is 0.223 e. The number of amides is 1. The molecule has 0 spiro atoms. The van der Waals surface area contributed by atoms with E-state index in [0.29, 0.717) is 17.9 Å². The van der Waals surface area contributed by atoms with Crippen LogP contribution in [-0.4, -0.2) is 49.7 Å². The molecule has 1 aliphatic carbocycles. The molecule has 0 bridgehead atoms. The second-order valence-corrected chi connectivity index (χ2v) is 6.30. The van der Waals surface area contributed by atoms with Crippen LogP contribution in [0.15, 0.2) is 0 Å². The van der Waals surface area contributed by atoms with Crippen LogP contribution in [0, 0.1) is 11.8 Å². The lowest BCUT2D eigenvalue weighted by molar-refractivity contribution is -0.127. The highest BCUT2D eigenvalue weighted by Gasteiger charge is 2.27. The van der Waals surface area contributed by atoms with E-state index >= 15 is 0 Å². The van der Waals surface area contributed by atoms with Gasteiger partial charge < -0.3 is 10.1 Å². The summed E-state index contributed by atoms with van der Waals surface area (Å²) in [6, 6.07) is 0.466. The molecule has 2 aliphatic rings. The largest absolute Gasteiger partial charge is 0.379 e. The fraction of sp³-hybridized carbons (Fsp3) is 0.933. The fourth-order valence-electron chi connectivity index (χ4n) is 2.88. The van der Waals surface area contributed by atoms with Gasteiger partial charge in [0.05, 0.1) is 13.2 Å². The lowest BCUT2D eigenvalue weighted by Gasteiger charge is -2.36. The van der Waals surface area contributed by atoms with Gasteiger partial charge in [0.15, 0.2) is 0 Å². The molecule has 2 rings (SSSR count). The zero-order valence-electron chi connectivity index (χ0n) is 12.4. The molecule has 1 saturated carbocycles. The first kappa shape index (κ1) is 14.8. The van der Waals surface area contributed by atoms with Crippen LogP contribution in [0.25, 0.3) is 0 Å². The molecule has 0 aromatic heterocycles. The zero-order chi connectivity index (χ0) is 13.7. The van der Waals surface area contributed by atoms with E-state index in [9.17, 15) is 4.79 Å². The highest BCUT2D eigenvalue weighted by Crippen LogP contribution is 2.26. The van der Waals surface area contributed by atoms with E-state index in [4.69, 9.17) is 4.74 Å². The Kier molecular flexibility index (Phi) is 5.64. The van der Waals surface area contributed by atoms with E-state index < -0.39 is 0 Å². The van der Waals surface area contributed by atoms with Gasteiger partial charge in [-0.25, -0.2) is 0 Å². The molecule has 1 saturated heterocycles. The van der Waals surface area contributed by atoms with E-state index in [0.717, 1.165) is 52.1 Å². The molecule has 1 heterocycles. The Morgan fingerprint density at radius 3 is 2.53 bits per heavy atom. The van der Waals surface area contributed by atoms with Gasteiger partial charge in [-0.1, -0.05) is 20.3 Å². The maximum atomic E-state index is 11.9. The first-order valence-corrected chi connectivity index (χ1v) is 7.76. The first-order chi connectivity index (χ1) is 9.16. The van der Waals surface area contributed by atoms with Crippen LogP contribution < -0.4 is 5.32 Å². The highest BCUT2D eigenvalue weighted by molar-refractivity contribution is 5.79. The van der Waals surface area contributed by atoms with E-state index in [-0.39, 0.29) is 5.91 Å². The fourth-order valence-corrected chi connectivity index (χ4v) is 2.88. The van der Waals surface area contributed by atoms with Crippen LogP contribution in [0.4, 0.5) is 0 Å². The summed E-state index contributed by atoms with van der Waals surface area (Å²) in [5.74, 6) is 1.23. The van der Waals surface area contributed by atoms with E-state index in [1.165, 1.54) is 6.42 Å². The van der Waals surface area contributed by atoms with Crippen LogP contribution in [0.2, 0.25) is 0 Å². The Hall–Kier alpha value is -0.610. The number of morpholine rings is 1. The SMILES string of the molecule is CC(C)CC(CNC(=O)C1CCC1)N1CCOCC1. The molecule has 0 radical (unpaired) electrons. The number of rotatable bonds is 6. The molecule has 1 atom stereocenters. The monoisotopic (exact) mass is 268 g/mol. The lowest BCUT2D eigenvalue weighted by atomic mass is 9.85. The number of carbonyl (C=O) groups is 1. The predicted octanol–water partition coefficient (Wildman–Crippen LogP) is 1.65. The normalized spacial score (nSPS) is 23.1. The summed E-state index contributed by atoms with van der Waals surface area (Å²) >= 11 is 0. The van der Waals surface area contributed by atoms with Crippen molar-refractivity contribution >= 4 is 5.91 Å². The molecular formula is C15H28N2O2. The maximum Gasteiger partial charge on any atom is 0.223 e. The summed E-state index contributed by atoms with van der Waals surface area (Å²) < 4.78 is 5.42. The van der Waals surface area contributed by atoms with Crippen molar-refractivity contribution in [3.8, 4) is 0 Å². The van der Waals surface area contributed by atoms with Crippen molar-refractivity contribution in [3.05, 3.63) is 0 Å². The topological polar surface area (TPSA) is 41.6 Å². The third kappa shape index (κ3) is 4.46. The Bertz CT molecular complexity index is 284. The quantitative estimate of drug-likeness (QED) is 0.796. The van der Waals surface area contributed by atoms with Crippen LogP contribution in [0.1, 0.15) is 39.5 Å². The highest BCUT2D eigenvalue weighted by atomic mass is 16.5. The number of nitrogens with one attached hydrogen (secondary N) is 1. The number of nitrogens with zero attached hydrogens (tertiary/aromatic N) is 1. The van der Waals surface area contributed by atoms with Crippen LogP contribution in [0.3, 0.4) is 0 Å². The van der Waals surface area contributed by atoms with Crippen LogP contribution in [-0.2, 0) is 9.53 Å². The average molecular weight is 268 g/mol. The van der Waals surface area contributed by atoms with Gasteiger partial charge in [0.2, 0.25) is 5.91 Å². The molecule has 4 heteroatoms. The molecule has 2 fully saturated rings. The van der Waals surface area contributed by atoms with Crippen molar-refractivity contribution in [2.45, 2.75) is 45.6 Å². The summed E-state index contributed by atoms with van der Waals surface area (Å²) in [7, 11) is 0. The number of hydrogen-bond donors (Lipinski definition) is 1. The van der Waals surface area contributed by atoms with E-state index in [1.54, 1.807) is 0 Å². The van der Waals surface area contributed by atoms with Gasteiger partial charge in [-0.2, -0.15) is 0 Å². The number of ether oxygens (including phenoxy) is 1. The molecule has 0 aromatic rings. The van der Waals surface area contributed by atoms with Gasteiger partial charge in [-0.3, -0.25) is 9.69 Å². The molecule has 1 amide bonds. The predicted molar refractivity (Wildman–Crippen MR) is 76.0 cm³/mol. The third-order valence-electron chi connectivity index (χ3n) is 4.29. The standard InChI is InChI=1S/C15H28N2O2/c1-12(2)10-14(17-6-8-19-9-7-17)11-16-15(18)13-4-3-5-13/h12-14H,3-11H2,1-2H3,(H,16,18). The first-order valence-electron chi connectivity index (χ1n) is 7.76. The molecule has 1 unspecified atom stereocenters. The second kappa shape index (κ2) is 7.25. The Balaban J connectivity index is 1.80. The van der Waals surface area contributed by atoms with Gasteiger partial charge in [0, 0.05) is 31.6 Å². The van der Waals surface area contributed by atoms with Crippen molar-refractivity contribution in [2.75, 3.05) is 32.8 Å². The minimum atomic E-state index is 0.272. The van der Waals surface area contributed by atoms with Gasteiger partial charge >= 0.3 is 0 Å². The Morgan fingerprint density at radius 1 is 1.32 bits per heavy atom. The molecular weight excluding hydrogens is 240 g/mol. The molecule has 1 N–H and O–H groups in total. The van der Waals surface area contributed by atoms with Crippen molar-refractivity contribution in [3.63, 3.8) is 0 Å². The molecule has 110 valence electrons. The van der Waals surface area contributed by atoms with Gasteiger partial charge in [-0.05, 0) is 25.2 Å². The van der Waals surface area contributed by atoms with E-state index in [2.05, 4.69) is 24.1 Å². The third-order valence-corrected chi connectivity index (χ3v) is 4.29. The summed E-state index contributed by atoms with van der Waals surface area (Å²) in [5.41, 5.74) is 0. The minimum absolute atomic E-state index is 0.272. The van der Waals surface area contributed by atoms with Crippen LogP contribution >= 0.6 is 0 Å². The number of carbonyl (C=O) groups excluding carboxylic acids is 1. The van der Waals surface area contributed by atoms with Gasteiger partial charge in [-0.15, -0.1) is 0 Å². The molecule has 1 aliphatic heterocycles. The van der Waals surface area contributed by atoms with E-state index in [1.807, 2.05) is 0 Å². The summed E-state index contributed by atoms with van der Waals surface area (Å²) in [6.45, 7) is 8.94. The van der Waals surface area contributed by atoms with Crippen molar-refractivity contribution in [1.82, 2.24) is 10.2 Å². The number of hydrogen-bond acceptors (Lipinski definition) is 3. The Morgan fingerprint density at radius 2 is 2.00 bits per heavy atom. The zero-order valence-corrected chi connectivity index (χ0v) is 12.4.